The van der Waals surface area contributed by atoms with Crippen molar-refractivity contribution in [1.29, 1.82) is 0 Å². The van der Waals surface area contributed by atoms with Crippen molar-refractivity contribution >= 4 is 34.8 Å². The third-order valence-electron chi connectivity index (χ3n) is 5.35. The van der Waals surface area contributed by atoms with Crippen molar-refractivity contribution in [3.8, 4) is 0 Å². The third kappa shape index (κ3) is 5.33. The van der Waals surface area contributed by atoms with Crippen LogP contribution in [-0.4, -0.2) is 22.9 Å². The van der Waals surface area contributed by atoms with Gasteiger partial charge < -0.3 is 0 Å². The van der Waals surface area contributed by atoms with E-state index in [2.05, 4.69) is 46.2 Å². The van der Waals surface area contributed by atoms with E-state index in [0.717, 1.165) is 47.7 Å². The predicted octanol–water partition coefficient (Wildman–Crippen LogP) is 7.05. The van der Waals surface area contributed by atoms with E-state index in [-0.39, 0.29) is 6.17 Å². The fourth-order valence-corrected chi connectivity index (χ4v) is 4.37. The zero-order valence-corrected chi connectivity index (χ0v) is 18.3. The van der Waals surface area contributed by atoms with Crippen LogP contribution in [0.5, 0.6) is 0 Å². The fraction of sp³-hybridized carbons (Fsp3) is 0.250. The Morgan fingerprint density at radius 2 is 0.966 bits per heavy atom. The average molecular weight is 446 g/mol. The van der Waals surface area contributed by atoms with Crippen LogP contribution in [0.2, 0.25) is 15.1 Å². The Labute approximate surface area is 187 Å². The standard InChI is InChI=1S/C24H23Cl3N2/c25-21-8-2-18(3-9-21)16-28-14-1-15-29(17-19-4-10-22(26)11-5-19)24(28)20-6-12-23(27)13-7-20/h2-13,24H,1,14-17H2. The summed E-state index contributed by atoms with van der Waals surface area (Å²) in [5.74, 6) is 0. The first-order valence-electron chi connectivity index (χ1n) is 9.81. The highest BCUT2D eigenvalue weighted by Gasteiger charge is 2.30. The first kappa shape index (κ1) is 20.7. The Hall–Kier alpha value is -1.55. The summed E-state index contributed by atoms with van der Waals surface area (Å²) in [4.78, 5) is 5.07. The molecule has 1 saturated heterocycles. The quantitative estimate of drug-likeness (QED) is 0.415. The number of halogens is 3. The van der Waals surface area contributed by atoms with Gasteiger partial charge in [0.1, 0.15) is 0 Å². The van der Waals surface area contributed by atoms with E-state index in [9.17, 15) is 0 Å². The van der Waals surface area contributed by atoms with Crippen LogP contribution in [0.4, 0.5) is 0 Å². The van der Waals surface area contributed by atoms with Gasteiger partial charge in [-0.25, -0.2) is 0 Å². The van der Waals surface area contributed by atoms with E-state index in [1.807, 2.05) is 36.4 Å². The zero-order valence-electron chi connectivity index (χ0n) is 16.1. The topological polar surface area (TPSA) is 6.48 Å². The van der Waals surface area contributed by atoms with Crippen molar-refractivity contribution in [1.82, 2.24) is 9.80 Å². The van der Waals surface area contributed by atoms with Crippen molar-refractivity contribution in [2.24, 2.45) is 0 Å². The van der Waals surface area contributed by atoms with Crippen molar-refractivity contribution < 1.29 is 0 Å². The molecule has 150 valence electrons. The van der Waals surface area contributed by atoms with Gasteiger partial charge in [0, 0.05) is 41.2 Å². The summed E-state index contributed by atoms with van der Waals surface area (Å²) in [6.07, 6.45) is 1.32. The summed E-state index contributed by atoms with van der Waals surface area (Å²) >= 11 is 18.3. The molecule has 3 aromatic rings. The van der Waals surface area contributed by atoms with E-state index in [1.165, 1.54) is 16.7 Å². The molecule has 0 amide bonds. The van der Waals surface area contributed by atoms with Crippen LogP contribution in [-0.2, 0) is 13.1 Å². The molecular formula is C24H23Cl3N2. The summed E-state index contributed by atoms with van der Waals surface area (Å²) in [6, 6.07) is 24.5. The van der Waals surface area contributed by atoms with Gasteiger partial charge in [-0.1, -0.05) is 71.2 Å². The predicted molar refractivity (Wildman–Crippen MR) is 123 cm³/mol. The largest absolute Gasteiger partial charge is 0.280 e. The van der Waals surface area contributed by atoms with E-state index in [0.29, 0.717) is 0 Å². The molecule has 1 fully saturated rings. The summed E-state index contributed by atoms with van der Waals surface area (Å²) in [5, 5.41) is 2.30. The first-order valence-corrected chi connectivity index (χ1v) is 10.9. The molecule has 0 saturated carbocycles. The Kier molecular flexibility index (Phi) is 6.79. The smallest absolute Gasteiger partial charge is 0.0892 e. The van der Waals surface area contributed by atoms with Crippen LogP contribution in [0.3, 0.4) is 0 Å². The molecule has 0 aliphatic carbocycles. The minimum absolute atomic E-state index is 0.187. The maximum absolute atomic E-state index is 6.16. The molecule has 0 unspecified atom stereocenters. The van der Waals surface area contributed by atoms with Gasteiger partial charge in [-0.15, -0.1) is 0 Å². The highest BCUT2D eigenvalue weighted by molar-refractivity contribution is 6.31. The van der Waals surface area contributed by atoms with E-state index in [1.54, 1.807) is 0 Å². The van der Waals surface area contributed by atoms with Gasteiger partial charge >= 0.3 is 0 Å². The zero-order chi connectivity index (χ0) is 20.2. The lowest BCUT2D eigenvalue weighted by Gasteiger charge is -2.44. The summed E-state index contributed by atoms with van der Waals surface area (Å²) in [7, 11) is 0. The molecule has 0 spiro atoms. The summed E-state index contributed by atoms with van der Waals surface area (Å²) < 4.78 is 0. The van der Waals surface area contributed by atoms with Crippen LogP contribution in [0, 0.1) is 0 Å². The number of rotatable bonds is 5. The summed E-state index contributed by atoms with van der Waals surface area (Å²) in [6.45, 7) is 3.85. The van der Waals surface area contributed by atoms with E-state index in [4.69, 9.17) is 34.8 Å². The van der Waals surface area contributed by atoms with Gasteiger partial charge in [0.05, 0.1) is 6.17 Å². The van der Waals surface area contributed by atoms with Crippen LogP contribution >= 0.6 is 34.8 Å². The average Bonchev–Trinajstić information content (AvgIpc) is 2.73. The molecule has 1 aliphatic heterocycles. The van der Waals surface area contributed by atoms with Crippen molar-refractivity contribution in [2.45, 2.75) is 25.7 Å². The molecule has 0 atom stereocenters. The second kappa shape index (κ2) is 9.51. The molecular weight excluding hydrogens is 423 g/mol. The Morgan fingerprint density at radius 3 is 1.38 bits per heavy atom. The van der Waals surface area contributed by atoms with Gasteiger partial charge in [-0.3, -0.25) is 9.80 Å². The minimum Gasteiger partial charge on any atom is -0.280 e. The SMILES string of the molecule is Clc1ccc(CN2CCCN(Cc3ccc(Cl)cc3)C2c2ccc(Cl)cc2)cc1. The Morgan fingerprint density at radius 1 is 0.586 bits per heavy atom. The van der Waals surface area contributed by atoms with Crippen LogP contribution < -0.4 is 0 Å². The molecule has 2 nitrogen and oxygen atoms in total. The lowest BCUT2D eigenvalue weighted by atomic mass is 10.0. The van der Waals surface area contributed by atoms with Gasteiger partial charge in [-0.05, 0) is 59.5 Å². The molecule has 0 N–H and O–H groups in total. The minimum atomic E-state index is 0.187. The maximum Gasteiger partial charge on any atom is 0.0892 e. The molecule has 0 aromatic heterocycles. The highest BCUT2D eigenvalue weighted by Crippen LogP contribution is 2.33. The molecule has 29 heavy (non-hydrogen) atoms. The van der Waals surface area contributed by atoms with Crippen molar-refractivity contribution in [2.75, 3.05) is 13.1 Å². The molecule has 1 heterocycles. The van der Waals surface area contributed by atoms with Crippen LogP contribution in [0.15, 0.2) is 72.8 Å². The van der Waals surface area contributed by atoms with Crippen molar-refractivity contribution in [3.05, 3.63) is 105 Å². The molecule has 3 aromatic carbocycles. The second-order valence-electron chi connectivity index (χ2n) is 7.47. The van der Waals surface area contributed by atoms with E-state index >= 15 is 0 Å². The highest BCUT2D eigenvalue weighted by atomic mass is 35.5. The molecule has 4 rings (SSSR count). The molecule has 0 bridgehead atoms. The van der Waals surface area contributed by atoms with Gasteiger partial charge in [-0.2, -0.15) is 0 Å². The number of hydrogen-bond acceptors (Lipinski definition) is 2. The fourth-order valence-electron chi connectivity index (χ4n) is 3.99. The van der Waals surface area contributed by atoms with Crippen molar-refractivity contribution in [3.63, 3.8) is 0 Å². The maximum atomic E-state index is 6.16. The number of nitrogens with zero attached hydrogens (tertiary/aromatic N) is 2. The summed E-state index contributed by atoms with van der Waals surface area (Å²) in [5.41, 5.74) is 3.79. The van der Waals surface area contributed by atoms with E-state index < -0.39 is 0 Å². The lowest BCUT2D eigenvalue weighted by molar-refractivity contribution is -0.00908. The second-order valence-corrected chi connectivity index (χ2v) is 8.78. The monoisotopic (exact) mass is 444 g/mol. The Bertz CT molecular complexity index is 868. The van der Waals surface area contributed by atoms with Gasteiger partial charge in [0.2, 0.25) is 0 Å². The molecule has 5 heteroatoms. The number of benzene rings is 3. The van der Waals surface area contributed by atoms with Crippen LogP contribution in [0.1, 0.15) is 29.3 Å². The van der Waals surface area contributed by atoms with Gasteiger partial charge in [0.15, 0.2) is 0 Å². The van der Waals surface area contributed by atoms with Gasteiger partial charge in [0.25, 0.3) is 0 Å². The molecule has 1 aliphatic rings. The molecule has 0 radical (unpaired) electrons. The lowest BCUT2D eigenvalue weighted by Crippen LogP contribution is -2.46. The Balaban J connectivity index is 1.62. The number of hydrogen-bond donors (Lipinski definition) is 0. The third-order valence-corrected chi connectivity index (χ3v) is 6.10. The first-order chi connectivity index (χ1) is 14.1. The normalized spacial score (nSPS) is 16.2. The van der Waals surface area contributed by atoms with Crippen LogP contribution in [0.25, 0.3) is 0 Å².